The Morgan fingerprint density at radius 2 is 1.68 bits per heavy atom. The van der Waals surface area contributed by atoms with E-state index in [9.17, 15) is 4.39 Å². The molecular weight excluding hydrogens is 315 g/mol. The first-order valence-corrected chi connectivity index (χ1v) is 8.48. The molecule has 5 heteroatoms. The Labute approximate surface area is 147 Å². The third-order valence-electron chi connectivity index (χ3n) is 4.14. The molecule has 0 atom stereocenters. The second-order valence-corrected chi connectivity index (χ2v) is 5.70. The fraction of sp³-hybridized carbons (Fsp3) is 0.250. The van der Waals surface area contributed by atoms with Gasteiger partial charge in [0.1, 0.15) is 17.3 Å². The van der Waals surface area contributed by atoms with E-state index in [1.807, 2.05) is 24.3 Å². The average Bonchev–Trinajstić information content (AvgIpc) is 2.66. The zero-order valence-electron chi connectivity index (χ0n) is 14.5. The van der Waals surface area contributed by atoms with Crippen LogP contribution in [0.4, 0.5) is 10.2 Å². The summed E-state index contributed by atoms with van der Waals surface area (Å²) in [5.74, 6) is 1.21. The van der Waals surface area contributed by atoms with Crippen LogP contribution in [0.25, 0.3) is 11.5 Å². The quantitative estimate of drug-likeness (QED) is 0.679. The molecule has 0 bridgehead atoms. The van der Waals surface area contributed by atoms with Gasteiger partial charge in [-0.3, -0.25) is 4.98 Å². The molecule has 2 heterocycles. The Bertz CT molecular complexity index is 832. The first kappa shape index (κ1) is 17.0. The van der Waals surface area contributed by atoms with Gasteiger partial charge in [-0.05, 0) is 37.6 Å². The lowest BCUT2D eigenvalue weighted by molar-refractivity contribution is 0.613. The Hall–Kier alpha value is -2.82. The van der Waals surface area contributed by atoms with Crippen LogP contribution in [0.15, 0.2) is 54.9 Å². The molecule has 0 N–H and O–H groups in total. The summed E-state index contributed by atoms with van der Waals surface area (Å²) in [6.07, 6.45) is 3.97. The lowest BCUT2D eigenvalue weighted by Crippen LogP contribution is -2.25. The molecule has 128 valence electrons. The largest absolute Gasteiger partial charge is 0.357 e. The number of benzene rings is 1. The topological polar surface area (TPSA) is 41.9 Å². The molecule has 0 aliphatic rings. The molecule has 3 rings (SSSR count). The maximum Gasteiger partial charge on any atom is 0.180 e. The van der Waals surface area contributed by atoms with Gasteiger partial charge >= 0.3 is 0 Å². The van der Waals surface area contributed by atoms with Gasteiger partial charge in [0.25, 0.3) is 0 Å². The molecule has 4 nitrogen and oxygen atoms in total. The number of rotatable bonds is 6. The predicted molar refractivity (Wildman–Crippen MR) is 98.0 cm³/mol. The van der Waals surface area contributed by atoms with Crippen molar-refractivity contribution in [3.05, 3.63) is 71.8 Å². The molecule has 0 amide bonds. The van der Waals surface area contributed by atoms with Crippen molar-refractivity contribution in [3.8, 4) is 11.5 Å². The van der Waals surface area contributed by atoms with E-state index in [2.05, 4.69) is 28.7 Å². The minimum atomic E-state index is -0.207. The van der Waals surface area contributed by atoms with Crippen LogP contribution in [0.3, 0.4) is 0 Å². The van der Waals surface area contributed by atoms with Crippen molar-refractivity contribution >= 4 is 5.82 Å². The van der Waals surface area contributed by atoms with Gasteiger partial charge in [0, 0.05) is 37.5 Å². The van der Waals surface area contributed by atoms with Crippen LogP contribution < -0.4 is 4.90 Å². The zero-order valence-corrected chi connectivity index (χ0v) is 14.5. The van der Waals surface area contributed by atoms with Crippen LogP contribution in [-0.4, -0.2) is 28.0 Å². The van der Waals surface area contributed by atoms with Crippen LogP contribution in [0.5, 0.6) is 0 Å². The maximum atomic E-state index is 14.1. The number of halogens is 1. The minimum absolute atomic E-state index is 0.207. The Morgan fingerprint density at radius 1 is 0.920 bits per heavy atom. The van der Waals surface area contributed by atoms with Gasteiger partial charge in [-0.2, -0.15) is 0 Å². The summed E-state index contributed by atoms with van der Waals surface area (Å²) >= 11 is 0. The van der Waals surface area contributed by atoms with Gasteiger partial charge in [-0.1, -0.05) is 24.3 Å². The van der Waals surface area contributed by atoms with Gasteiger partial charge in [0.15, 0.2) is 5.82 Å². The standard InChI is InChI=1S/C20H21FN4/c1-3-25(4-2)20-16(13-15-9-5-6-10-17(15)21)14-23-19(24-20)18-11-7-8-12-22-18/h5-12,14H,3-4,13H2,1-2H3. The van der Waals surface area contributed by atoms with Crippen molar-refractivity contribution in [2.24, 2.45) is 0 Å². The van der Waals surface area contributed by atoms with E-state index in [0.29, 0.717) is 17.8 Å². The van der Waals surface area contributed by atoms with Crippen LogP contribution in [0.1, 0.15) is 25.0 Å². The Kier molecular flexibility index (Phi) is 5.33. The lowest BCUT2D eigenvalue weighted by Gasteiger charge is -2.23. The summed E-state index contributed by atoms with van der Waals surface area (Å²) in [4.78, 5) is 15.7. The summed E-state index contributed by atoms with van der Waals surface area (Å²) in [6, 6.07) is 12.5. The van der Waals surface area contributed by atoms with E-state index >= 15 is 0 Å². The third kappa shape index (κ3) is 3.82. The van der Waals surface area contributed by atoms with Crippen LogP contribution in [0.2, 0.25) is 0 Å². The normalized spacial score (nSPS) is 10.7. The van der Waals surface area contributed by atoms with Gasteiger partial charge in [-0.25, -0.2) is 14.4 Å². The van der Waals surface area contributed by atoms with Crippen LogP contribution in [0, 0.1) is 5.82 Å². The lowest BCUT2D eigenvalue weighted by atomic mass is 10.1. The minimum Gasteiger partial charge on any atom is -0.357 e. The molecule has 1 aromatic carbocycles. The highest BCUT2D eigenvalue weighted by atomic mass is 19.1. The summed E-state index contributed by atoms with van der Waals surface area (Å²) in [6.45, 7) is 5.80. The summed E-state index contributed by atoms with van der Waals surface area (Å²) in [5, 5.41) is 0. The first-order chi connectivity index (χ1) is 12.2. The summed E-state index contributed by atoms with van der Waals surface area (Å²) in [5.41, 5.74) is 2.28. The molecule has 0 fully saturated rings. The second-order valence-electron chi connectivity index (χ2n) is 5.70. The van der Waals surface area contributed by atoms with Gasteiger partial charge in [-0.15, -0.1) is 0 Å². The van der Waals surface area contributed by atoms with Gasteiger partial charge in [0.05, 0.1) is 0 Å². The van der Waals surface area contributed by atoms with Crippen molar-refractivity contribution in [1.82, 2.24) is 15.0 Å². The molecule has 0 saturated heterocycles. The SMILES string of the molecule is CCN(CC)c1nc(-c2ccccn2)ncc1Cc1ccccc1F. The molecule has 0 radical (unpaired) electrons. The van der Waals surface area contributed by atoms with Crippen LogP contribution in [-0.2, 0) is 6.42 Å². The Balaban J connectivity index is 2.04. The predicted octanol–water partition coefficient (Wildman–Crippen LogP) is 4.11. The van der Waals surface area contributed by atoms with E-state index in [0.717, 1.165) is 30.2 Å². The number of aromatic nitrogens is 3. The van der Waals surface area contributed by atoms with Crippen molar-refractivity contribution in [3.63, 3.8) is 0 Å². The number of nitrogens with zero attached hydrogens (tertiary/aromatic N) is 4. The van der Waals surface area contributed by atoms with E-state index in [1.165, 1.54) is 6.07 Å². The van der Waals surface area contributed by atoms with Crippen molar-refractivity contribution < 1.29 is 4.39 Å². The molecule has 0 unspecified atom stereocenters. The molecule has 0 aliphatic heterocycles. The van der Waals surface area contributed by atoms with Crippen molar-refractivity contribution in [1.29, 1.82) is 0 Å². The van der Waals surface area contributed by atoms with E-state index in [1.54, 1.807) is 24.5 Å². The molecular formula is C20H21FN4. The second kappa shape index (κ2) is 7.83. The number of anilines is 1. The summed E-state index contributed by atoms with van der Waals surface area (Å²) < 4.78 is 14.1. The van der Waals surface area contributed by atoms with Crippen LogP contribution >= 0.6 is 0 Å². The van der Waals surface area contributed by atoms with E-state index in [4.69, 9.17) is 4.98 Å². The van der Waals surface area contributed by atoms with Crippen molar-refractivity contribution in [2.45, 2.75) is 20.3 Å². The van der Waals surface area contributed by atoms with Crippen molar-refractivity contribution in [2.75, 3.05) is 18.0 Å². The number of hydrogen-bond donors (Lipinski definition) is 0. The van der Waals surface area contributed by atoms with Gasteiger partial charge in [0.2, 0.25) is 0 Å². The molecule has 0 spiro atoms. The smallest absolute Gasteiger partial charge is 0.180 e. The zero-order chi connectivity index (χ0) is 17.6. The van der Waals surface area contributed by atoms with E-state index in [-0.39, 0.29) is 5.82 Å². The number of pyridine rings is 1. The highest BCUT2D eigenvalue weighted by Crippen LogP contribution is 2.24. The first-order valence-electron chi connectivity index (χ1n) is 8.48. The molecule has 25 heavy (non-hydrogen) atoms. The summed E-state index contributed by atoms with van der Waals surface area (Å²) in [7, 11) is 0. The monoisotopic (exact) mass is 336 g/mol. The average molecular weight is 336 g/mol. The Morgan fingerprint density at radius 3 is 2.36 bits per heavy atom. The maximum absolute atomic E-state index is 14.1. The van der Waals surface area contributed by atoms with Gasteiger partial charge < -0.3 is 4.90 Å². The molecule has 3 aromatic rings. The molecule has 0 saturated carbocycles. The third-order valence-corrected chi connectivity index (χ3v) is 4.14. The molecule has 0 aliphatic carbocycles. The fourth-order valence-corrected chi connectivity index (χ4v) is 2.78. The molecule has 2 aromatic heterocycles. The van der Waals surface area contributed by atoms with E-state index < -0.39 is 0 Å². The number of hydrogen-bond acceptors (Lipinski definition) is 4. The highest BCUT2D eigenvalue weighted by molar-refractivity contribution is 5.56. The highest BCUT2D eigenvalue weighted by Gasteiger charge is 2.15. The fourth-order valence-electron chi connectivity index (χ4n) is 2.78.